The third-order valence-corrected chi connectivity index (χ3v) is 4.01. The van der Waals surface area contributed by atoms with Crippen LogP contribution in [0.1, 0.15) is 33.1 Å². The topological polar surface area (TPSA) is 64.1 Å². The molecule has 0 spiro atoms. The minimum Gasteiger partial charge on any atom is -0.468 e. The van der Waals surface area contributed by atoms with Crippen molar-refractivity contribution in [3.8, 4) is 0 Å². The fourth-order valence-electron chi connectivity index (χ4n) is 1.85. The van der Waals surface area contributed by atoms with Crippen molar-refractivity contribution in [2.75, 3.05) is 19.4 Å². The number of esters is 1. The van der Waals surface area contributed by atoms with Crippen LogP contribution in [0.4, 0.5) is 0 Å². The summed E-state index contributed by atoms with van der Waals surface area (Å²) < 4.78 is 4.90. The van der Waals surface area contributed by atoms with E-state index in [0.717, 1.165) is 36.6 Å². The normalized spacial score (nSPS) is 13.8. The quantitative estimate of drug-likeness (QED) is 0.428. The monoisotopic (exact) mass is 297 g/mol. The average Bonchev–Trinajstić information content (AvgIpc) is 2.49. The lowest BCUT2D eigenvalue weighted by atomic mass is 9.96. The average molecular weight is 297 g/mol. The van der Waals surface area contributed by atoms with Gasteiger partial charge in [0.15, 0.2) is 0 Å². The molecule has 0 aliphatic carbocycles. The molecule has 1 unspecified atom stereocenters. The summed E-state index contributed by atoms with van der Waals surface area (Å²) in [5.74, 6) is 0.703. The van der Waals surface area contributed by atoms with Crippen molar-refractivity contribution in [1.29, 1.82) is 0 Å². The second-order valence-corrected chi connectivity index (χ2v) is 5.86. The zero-order chi connectivity index (χ0) is 14.8. The summed E-state index contributed by atoms with van der Waals surface area (Å²) >= 11 is 1.65. The van der Waals surface area contributed by atoms with Crippen molar-refractivity contribution in [3.63, 3.8) is 0 Å². The lowest BCUT2D eigenvalue weighted by Gasteiger charge is -2.27. The smallest absolute Gasteiger partial charge is 0.325 e. The fraction of sp³-hybridized carbons (Fsp3) is 0.643. The van der Waals surface area contributed by atoms with E-state index in [-0.39, 0.29) is 5.97 Å². The van der Waals surface area contributed by atoms with E-state index in [2.05, 4.69) is 22.2 Å². The highest BCUT2D eigenvalue weighted by Crippen LogP contribution is 2.20. The van der Waals surface area contributed by atoms with Gasteiger partial charge in [-0.15, -0.1) is 11.8 Å². The van der Waals surface area contributed by atoms with Crippen LogP contribution in [0.5, 0.6) is 0 Å². The fourth-order valence-corrected chi connectivity index (χ4v) is 2.62. The number of nitrogens with zero attached hydrogens (tertiary/aromatic N) is 2. The first-order valence-electron chi connectivity index (χ1n) is 6.84. The minimum atomic E-state index is -0.603. The SMILES string of the molecule is CCCNC(C)(CCCSc1cnccn1)C(=O)OC. The number of hydrogen-bond acceptors (Lipinski definition) is 6. The highest BCUT2D eigenvalue weighted by Gasteiger charge is 2.32. The number of aromatic nitrogens is 2. The molecule has 0 aliphatic heterocycles. The van der Waals surface area contributed by atoms with Gasteiger partial charge in [-0.2, -0.15) is 0 Å². The first kappa shape index (κ1) is 16.9. The Labute approximate surface area is 124 Å². The number of ether oxygens (including phenoxy) is 1. The molecule has 0 aromatic carbocycles. The largest absolute Gasteiger partial charge is 0.468 e. The van der Waals surface area contributed by atoms with Gasteiger partial charge in [0.05, 0.1) is 13.3 Å². The van der Waals surface area contributed by atoms with E-state index in [4.69, 9.17) is 4.74 Å². The summed E-state index contributed by atoms with van der Waals surface area (Å²) in [6, 6.07) is 0. The Kier molecular flexibility index (Phi) is 7.54. The molecule has 5 nitrogen and oxygen atoms in total. The van der Waals surface area contributed by atoms with Gasteiger partial charge < -0.3 is 10.1 Å². The van der Waals surface area contributed by atoms with Gasteiger partial charge in [0, 0.05) is 12.4 Å². The highest BCUT2D eigenvalue weighted by molar-refractivity contribution is 7.99. The van der Waals surface area contributed by atoms with E-state index in [1.807, 2.05) is 6.92 Å². The van der Waals surface area contributed by atoms with Gasteiger partial charge >= 0.3 is 5.97 Å². The van der Waals surface area contributed by atoms with Gasteiger partial charge in [0.2, 0.25) is 0 Å². The third-order valence-electron chi connectivity index (χ3n) is 3.01. The van der Waals surface area contributed by atoms with Crippen molar-refractivity contribution in [3.05, 3.63) is 18.6 Å². The summed E-state index contributed by atoms with van der Waals surface area (Å²) in [4.78, 5) is 20.1. The van der Waals surface area contributed by atoms with Crippen LogP contribution in [-0.2, 0) is 9.53 Å². The first-order chi connectivity index (χ1) is 9.62. The van der Waals surface area contributed by atoms with Gasteiger partial charge in [-0.05, 0) is 38.5 Å². The molecule has 1 aromatic heterocycles. The second kappa shape index (κ2) is 8.92. The number of carbonyl (C=O) groups is 1. The summed E-state index contributed by atoms with van der Waals surface area (Å²) in [6.45, 7) is 4.79. The number of hydrogen-bond donors (Lipinski definition) is 1. The summed E-state index contributed by atoms with van der Waals surface area (Å²) in [5.41, 5.74) is -0.603. The van der Waals surface area contributed by atoms with Crippen molar-refractivity contribution in [2.24, 2.45) is 0 Å². The minimum absolute atomic E-state index is 0.199. The van der Waals surface area contributed by atoms with Crippen molar-refractivity contribution in [1.82, 2.24) is 15.3 Å². The van der Waals surface area contributed by atoms with Crippen LogP contribution in [0.25, 0.3) is 0 Å². The Morgan fingerprint density at radius 1 is 1.50 bits per heavy atom. The number of methoxy groups -OCH3 is 1. The Morgan fingerprint density at radius 3 is 2.90 bits per heavy atom. The van der Waals surface area contributed by atoms with Gasteiger partial charge in [-0.25, -0.2) is 4.98 Å². The molecule has 1 heterocycles. The van der Waals surface area contributed by atoms with E-state index in [9.17, 15) is 4.79 Å². The maximum atomic E-state index is 11.9. The first-order valence-corrected chi connectivity index (χ1v) is 7.83. The molecule has 0 bridgehead atoms. The molecule has 1 atom stereocenters. The standard InChI is InChI=1S/C14H23N3O2S/c1-4-7-17-14(2,13(18)19-3)6-5-10-20-12-11-15-8-9-16-12/h8-9,11,17H,4-7,10H2,1-3H3. The molecule has 6 heteroatoms. The van der Waals surface area contributed by atoms with Gasteiger partial charge in [0.25, 0.3) is 0 Å². The lowest BCUT2D eigenvalue weighted by Crippen LogP contribution is -2.50. The molecule has 0 amide bonds. The maximum absolute atomic E-state index is 11.9. The molecule has 1 N–H and O–H groups in total. The second-order valence-electron chi connectivity index (χ2n) is 4.75. The molecular formula is C14H23N3O2S. The lowest BCUT2D eigenvalue weighted by molar-refractivity contribution is -0.148. The van der Waals surface area contributed by atoms with E-state index in [0.29, 0.717) is 0 Å². The Balaban J connectivity index is 2.40. The van der Waals surface area contributed by atoms with Crippen LogP contribution >= 0.6 is 11.8 Å². The molecule has 112 valence electrons. The van der Waals surface area contributed by atoms with Crippen LogP contribution in [0.2, 0.25) is 0 Å². The third kappa shape index (κ3) is 5.46. The molecule has 1 rings (SSSR count). The van der Waals surface area contributed by atoms with Crippen molar-refractivity contribution in [2.45, 2.75) is 43.7 Å². The summed E-state index contributed by atoms with van der Waals surface area (Å²) in [7, 11) is 1.43. The Hall–Kier alpha value is -1.14. The van der Waals surface area contributed by atoms with Crippen molar-refractivity contribution >= 4 is 17.7 Å². The van der Waals surface area contributed by atoms with Gasteiger partial charge in [-0.3, -0.25) is 9.78 Å². The van der Waals surface area contributed by atoms with E-state index < -0.39 is 5.54 Å². The van der Waals surface area contributed by atoms with E-state index in [1.165, 1.54) is 7.11 Å². The van der Waals surface area contributed by atoms with Crippen LogP contribution < -0.4 is 5.32 Å². The number of rotatable bonds is 9. The Morgan fingerprint density at radius 2 is 2.30 bits per heavy atom. The molecule has 0 saturated carbocycles. The van der Waals surface area contributed by atoms with Crippen LogP contribution in [0.3, 0.4) is 0 Å². The van der Waals surface area contributed by atoms with Crippen LogP contribution in [0.15, 0.2) is 23.6 Å². The number of carbonyl (C=O) groups excluding carboxylic acids is 1. The van der Waals surface area contributed by atoms with Crippen LogP contribution in [0, 0.1) is 0 Å². The van der Waals surface area contributed by atoms with Crippen molar-refractivity contribution < 1.29 is 9.53 Å². The van der Waals surface area contributed by atoms with E-state index >= 15 is 0 Å². The maximum Gasteiger partial charge on any atom is 0.325 e. The zero-order valence-electron chi connectivity index (χ0n) is 12.4. The molecular weight excluding hydrogens is 274 g/mol. The molecule has 1 aromatic rings. The molecule has 0 fully saturated rings. The molecule has 20 heavy (non-hydrogen) atoms. The van der Waals surface area contributed by atoms with Gasteiger partial charge in [-0.1, -0.05) is 6.92 Å². The highest BCUT2D eigenvalue weighted by atomic mass is 32.2. The molecule has 0 aliphatic rings. The number of thioether (sulfide) groups is 1. The van der Waals surface area contributed by atoms with Gasteiger partial charge in [0.1, 0.15) is 10.6 Å². The summed E-state index contributed by atoms with van der Waals surface area (Å²) in [5, 5.41) is 4.19. The predicted molar refractivity (Wildman–Crippen MR) is 80.7 cm³/mol. The zero-order valence-corrected chi connectivity index (χ0v) is 13.2. The summed E-state index contributed by atoms with van der Waals surface area (Å²) in [6.07, 6.45) is 7.73. The molecule has 0 saturated heterocycles. The molecule has 0 radical (unpaired) electrons. The van der Waals surface area contributed by atoms with E-state index in [1.54, 1.807) is 30.4 Å². The Bertz CT molecular complexity index is 403. The van der Waals surface area contributed by atoms with Crippen LogP contribution in [-0.4, -0.2) is 40.9 Å². The number of nitrogens with one attached hydrogen (secondary N) is 1. The predicted octanol–water partition coefficient (Wildman–Crippen LogP) is 2.28.